The van der Waals surface area contributed by atoms with E-state index in [0.717, 1.165) is 25.5 Å². The average molecular weight is 273 g/mol. The molecule has 0 aromatic carbocycles. The lowest BCUT2D eigenvalue weighted by Crippen LogP contribution is -2.36. The van der Waals surface area contributed by atoms with E-state index in [2.05, 4.69) is 46.9 Å². The van der Waals surface area contributed by atoms with Gasteiger partial charge in [-0.25, -0.2) is 0 Å². The molecule has 0 amide bonds. The quantitative estimate of drug-likeness (QED) is 0.601. The predicted octanol–water partition coefficient (Wildman–Crippen LogP) is 3.07. The molecule has 0 spiro atoms. The zero-order chi connectivity index (χ0) is 14.9. The lowest BCUT2D eigenvalue weighted by Gasteiger charge is -2.27. The van der Waals surface area contributed by atoms with Crippen molar-refractivity contribution in [2.45, 2.75) is 60.5 Å². The van der Waals surface area contributed by atoms with Crippen molar-refractivity contribution < 1.29 is 9.84 Å². The Hall–Kier alpha value is -0.120. The summed E-state index contributed by atoms with van der Waals surface area (Å²) in [5, 5.41) is 13.1. The Morgan fingerprint density at radius 3 is 2.26 bits per heavy atom. The minimum absolute atomic E-state index is 0.311. The third-order valence-corrected chi connectivity index (χ3v) is 3.69. The Bertz CT molecular complexity index is 211. The normalized spacial score (nSPS) is 15.8. The van der Waals surface area contributed by atoms with Crippen molar-refractivity contribution >= 4 is 0 Å². The number of rotatable bonds is 10. The molecule has 0 saturated carbocycles. The summed E-state index contributed by atoms with van der Waals surface area (Å²) >= 11 is 0. The topological polar surface area (TPSA) is 41.5 Å². The Kier molecular flexibility index (Phi) is 9.67. The molecule has 3 nitrogen and oxygen atoms in total. The van der Waals surface area contributed by atoms with Crippen LogP contribution in [0, 0.1) is 17.3 Å². The van der Waals surface area contributed by atoms with E-state index < -0.39 is 6.10 Å². The third kappa shape index (κ3) is 11.4. The summed E-state index contributed by atoms with van der Waals surface area (Å²) in [6.45, 7) is 16.2. The fourth-order valence-corrected chi connectivity index (χ4v) is 1.64. The molecule has 0 aromatic rings. The summed E-state index contributed by atoms with van der Waals surface area (Å²) in [5.74, 6) is 1.32. The smallest absolute Gasteiger partial charge is 0.0897 e. The molecule has 0 heterocycles. The van der Waals surface area contributed by atoms with Crippen molar-refractivity contribution in [2.24, 2.45) is 17.3 Å². The second-order valence-corrected chi connectivity index (χ2v) is 7.19. The van der Waals surface area contributed by atoms with Gasteiger partial charge in [-0.15, -0.1) is 0 Å². The molecule has 2 atom stereocenters. The van der Waals surface area contributed by atoms with Crippen molar-refractivity contribution in [3.63, 3.8) is 0 Å². The molecule has 116 valence electrons. The highest BCUT2D eigenvalue weighted by Crippen LogP contribution is 2.24. The van der Waals surface area contributed by atoms with Gasteiger partial charge in [-0.3, -0.25) is 0 Å². The Labute approximate surface area is 120 Å². The molecule has 0 saturated heterocycles. The molecule has 19 heavy (non-hydrogen) atoms. The van der Waals surface area contributed by atoms with Crippen molar-refractivity contribution in [3.05, 3.63) is 0 Å². The highest BCUT2D eigenvalue weighted by molar-refractivity contribution is 4.72. The summed E-state index contributed by atoms with van der Waals surface area (Å²) in [6.07, 6.45) is 1.88. The zero-order valence-corrected chi connectivity index (χ0v) is 13.8. The van der Waals surface area contributed by atoms with Gasteiger partial charge in [-0.2, -0.15) is 0 Å². The van der Waals surface area contributed by atoms with Crippen molar-refractivity contribution in [3.8, 4) is 0 Å². The van der Waals surface area contributed by atoms with Crippen LogP contribution in [-0.2, 0) is 4.74 Å². The molecule has 0 fully saturated rings. The molecule has 0 aromatic heterocycles. The van der Waals surface area contributed by atoms with Crippen LogP contribution in [0.3, 0.4) is 0 Å². The fourth-order valence-electron chi connectivity index (χ4n) is 1.64. The maximum Gasteiger partial charge on any atom is 0.0897 e. The van der Waals surface area contributed by atoms with Gasteiger partial charge in [-0.1, -0.05) is 41.5 Å². The number of ether oxygens (including phenoxy) is 1. The van der Waals surface area contributed by atoms with E-state index in [-0.39, 0.29) is 0 Å². The van der Waals surface area contributed by atoms with E-state index in [1.54, 1.807) is 0 Å². The van der Waals surface area contributed by atoms with Gasteiger partial charge < -0.3 is 15.2 Å². The lowest BCUT2D eigenvalue weighted by atomic mass is 9.82. The number of hydrogen-bond donors (Lipinski definition) is 2. The van der Waals surface area contributed by atoms with E-state index in [4.69, 9.17) is 4.74 Å². The minimum atomic E-state index is -0.397. The van der Waals surface area contributed by atoms with Gasteiger partial charge in [0.05, 0.1) is 12.7 Å². The zero-order valence-electron chi connectivity index (χ0n) is 13.8. The van der Waals surface area contributed by atoms with Crippen LogP contribution >= 0.6 is 0 Å². The largest absolute Gasteiger partial charge is 0.389 e. The molecule has 0 aliphatic heterocycles. The van der Waals surface area contributed by atoms with Gasteiger partial charge in [0.2, 0.25) is 0 Å². The fraction of sp³-hybridized carbons (Fsp3) is 1.00. The molecule has 2 N–H and O–H groups in total. The summed E-state index contributed by atoms with van der Waals surface area (Å²) in [4.78, 5) is 0. The number of aliphatic hydroxyl groups excluding tert-OH is 1. The summed E-state index contributed by atoms with van der Waals surface area (Å²) < 4.78 is 5.48. The van der Waals surface area contributed by atoms with Gasteiger partial charge in [0.15, 0.2) is 0 Å². The average Bonchev–Trinajstić information content (AvgIpc) is 2.26. The van der Waals surface area contributed by atoms with Crippen molar-refractivity contribution in [1.29, 1.82) is 0 Å². The number of nitrogens with one attached hydrogen (secondary N) is 1. The molecule has 0 bridgehead atoms. The monoisotopic (exact) mass is 273 g/mol. The van der Waals surface area contributed by atoms with Gasteiger partial charge in [0.25, 0.3) is 0 Å². The molecule has 2 unspecified atom stereocenters. The van der Waals surface area contributed by atoms with Crippen LogP contribution in [-0.4, -0.2) is 37.5 Å². The Morgan fingerprint density at radius 1 is 1.11 bits per heavy atom. The number of aliphatic hydroxyl groups is 1. The second-order valence-electron chi connectivity index (χ2n) is 7.19. The highest BCUT2D eigenvalue weighted by atomic mass is 16.5. The summed E-state index contributed by atoms with van der Waals surface area (Å²) in [5.41, 5.74) is 0.311. The van der Waals surface area contributed by atoms with Crippen LogP contribution < -0.4 is 5.32 Å². The van der Waals surface area contributed by atoms with E-state index in [1.165, 1.54) is 6.42 Å². The first-order valence-corrected chi connectivity index (χ1v) is 7.70. The van der Waals surface area contributed by atoms with Gasteiger partial charge in [-0.05, 0) is 36.6 Å². The molecule has 0 aliphatic rings. The van der Waals surface area contributed by atoms with Crippen molar-refractivity contribution in [1.82, 2.24) is 5.32 Å². The predicted molar refractivity (Wildman–Crippen MR) is 82.4 cm³/mol. The first-order chi connectivity index (χ1) is 8.73. The highest BCUT2D eigenvalue weighted by Gasteiger charge is 2.19. The molecular weight excluding hydrogens is 238 g/mol. The van der Waals surface area contributed by atoms with Crippen LogP contribution in [0.5, 0.6) is 0 Å². The van der Waals surface area contributed by atoms with Gasteiger partial charge in [0.1, 0.15) is 0 Å². The molecule has 0 radical (unpaired) electrons. The maximum atomic E-state index is 9.79. The number of hydrogen-bond acceptors (Lipinski definition) is 3. The molecule has 3 heteroatoms. The van der Waals surface area contributed by atoms with Gasteiger partial charge >= 0.3 is 0 Å². The molecule has 0 rings (SSSR count). The van der Waals surface area contributed by atoms with Crippen LogP contribution in [0.4, 0.5) is 0 Å². The molecular formula is C16H35NO2. The van der Waals surface area contributed by atoms with E-state index in [1.807, 2.05) is 0 Å². The first-order valence-electron chi connectivity index (χ1n) is 7.70. The third-order valence-electron chi connectivity index (χ3n) is 3.69. The maximum absolute atomic E-state index is 9.79. The van der Waals surface area contributed by atoms with Crippen LogP contribution in [0.2, 0.25) is 0 Å². The SMILES string of the molecule is CC(C)CCCOCC(O)CNCC(C)C(C)(C)C. The van der Waals surface area contributed by atoms with Crippen LogP contribution in [0.1, 0.15) is 54.4 Å². The molecule has 0 aliphatic carbocycles. The Balaban J connectivity index is 3.47. The summed E-state index contributed by atoms with van der Waals surface area (Å²) in [6, 6.07) is 0. The first kappa shape index (κ1) is 18.9. The van der Waals surface area contributed by atoms with Crippen molar-refractivity contribution in [2.75, 3.05) is 26.3 Å². The van der Waals surface area contributed by atoms with Crippen LogP contribution in [0.25, 0.3) is 0 Å². The van der Waals surface area contributed by atoms with E-state index in [9.17, 15) is 5.11 Å². The van der Waals surface area contributed by atoms with E-state index >= 15 is 0 Å². The minimum Gasteiger partial charge on any atom is -0.389 e. The lowest BCUT2D eigenvalue weighted by molar-refractivity contribution is 0.0338. The standard InChI is InChI=1S/C16H35NO2/c1-13(2)8-7-9-19-12-15(18)11-17-10-14(3)16(4,5)6/h13-15,17-18H,7-12H2,1-6H3. The second kappa shape index (κ2) is 9.73. The van der Waals surface area contributed by atoms with Crippen LogP contribution in [0.15, 0.2) is 0 Å². The van der Waals surface area contributed by atoms with Gasteiger partial charge in [0, 0.05) is 13.2 Å². The summed E-state index contributed by atoms with van der Waals surface area (Å²) in [7, 11) is 0. The van der Waals surface area contributed by atoms with E-state index in [0.29, 0.717) is 24.5 Å². The Morgan fingerprint density at radius 2 is 1.74 bits per heavy atom.